The number of anilines is 2. The molecule has 3 aliphatic heterocycles. The zero-order valence-corrected chi connectivity index (χ0v) is 22.1. The number of hydrogen-bond donors (Lipinski definition) is 0. The molecule has 0 aromatic heterocycles. The van der Waals surface area contributed by atoms with Gasteiger partial charge in [-0.05, 0) is 44.0 Å². The second-order valence-corrected chi connectivity index (χ2v) is 9.93. The second-order valence-electron chi connectivity index (χ2n) is 9.93. The van der Waals surface area contributed by atoms with Gasteiger partial charge in [-0.2, -0.15) is 0 Å². The molecule has 0 bridgehead atoms. The van der Waals surface area contributed by atoms with Crippen molar-refractivity contribution in [3.63, 3.8) is 0 Å². The molecule has 0 saturated carbocycles. The predicted molar refractivity (Wildman–Crippen MR) is 143 cm³/mol. The molecule has 9 nitrogen and oxygen atoms in total. The SMILES string of the molecule is COc1cc2c(cc1OC)N(C(=O)C1=NOC(CN3CCN(c4ccccc4OC(C)C)CC3)C1)CC2. The van der Waals surface area contributed by atoms with Crippen LogP contribution in [0.15, 0.2) is 41.6 Å². The van der Waals surface area contributed by atoms with Crippen LogP contribution in [0.1, 0.15) is 25.8 Å². The van der Waals surface area contributed by atoms with Crippen LogP contribution in [0.25, 0.3) is 0 Å². The number of methoxy groups -OCH3 is 2. The average molecular weight is 509 g/mol. The van der Waals surface area contributed by atoms with Gasteiger partial charge in [0, 0.05) is 51.8 Å². The maximum absolute atomic E-state index is 13.3. The van der Waals surface area contributed by atoms with Gasteiger partial charge in [0.05, 0.1) is 31.7 Å². The minimum Gasteiger partial charge on any atom is -0.493 e. The first-order valence-corrected chi connectivity index (χ1v) is 13.0. The maximum Gasteiger partial charge on any atom is 0.276 e. The number of benzene rings is 2. The molecule has 1 saturated heterocycles. The predicted octanol–water partition coefficient (Wildman–Crippen LogP) is 3.35. The van der Waals surface area contributed by atoms with Crippen LogP contribution < -0.4 is 24.0 Å². The van der Waals surface area contributed by atoms with Crippen LogP contribution in [0, 0.1) is 0 Å². The van der Waals surface area contributed by atoms with Gasteiger partial charge in [-0.3, -0.25) is 9.69 Å². The lowest BCUT2D eigenvalue weighted by atomic mass is 10.1. The molecule has 9 heteroatoms. The maximum atomic E-state index is 13.3. The van der Waals surface area contributed by atoms with Crippen LogP contribution in [-0.2, 0) is 16.1 Å². The summed E-state index contributed by atoms with van der Waals surface area (Å²) in [6.45, 7) is 9.11. The van der Waals surface area contributed by atoms with Crippen molar-refractivity contribution in [2.24, 2.45) is 5.16 Å². The highest BCUT2D eigenvalue weighted by molar-refractivity contribution is 6.44. The first-order chi connectivity index (χ1) is 18.0. The van der Waals surface area contributed by atoms with Crippen LogP contribution >= 0.6 is 0 Å². The van der Waals surface area contributed by atoms with Crippen molar-refractivity contribution in [3.05, 3.63) is 42.0 Å². The Morgan fingerprint density at radius 2 is 1.73 bits per heavy atom. The van der Waals surface area contributed by atoms with E-state index in [0.29, 0.717) is 30.2 Å². The Bertz CT molecular complexity index is 1160. The Balaban J connectivity index is 1.15. The van der Waals surface area contributed by atoms with Gasteiger partial charge in [0.1, 0.15) is 17.6 Å². The molecule has 0 spiro atoms. The van der Waals surface area contributed by atoms with Crippen molar-refractivity contribution >= 4 is 23.0 Å². The summed E-state index contributed by atoms with van der Waals surface area (Å²) >= 11 is 0. The number of para-hydroxylation sites is 2. The number of oxime groups is 1. The van der Waals surface area contributed by atoms with E-state index >= 15 is 0 Å². The fourth-order valence-corrected chi connectivity index (χ4v) is 5.27. The molecule has 1 fully saturated rings. The molecule has 1 unspecified atom stereocenters. The minimum absolute atomic E-state index is 0.0972. The van der Waals surface area contributed by atoms with E-state index in [4.69, 9.17) is 19.0 Å². The van der Waals surface area contributed by atoms with Gasteiger partial charge >= 0.3 is 0 Å². The summed E-state index contributed by atoms with van der Waals surface area (Å²) in [5.74, 6) is 2.12. The smallest absolute Gasteiger partial charge is 0.276 e. The van der Waals surface area contributed by atoms with E-state index < -0.39 is 0 Å². The summed E-state index contributed by atoms with van der Waals surface area (Å²) in [5.41, 5.74) is 3.54. The molecule has 2 aromatic rings. The van der Waals surface area contributed by atoms with Gasteiger partial charge in [-0.25, -0.2) is 0 Å². The molecule has 5 rings (SSSR count). The Kier molecular flexibility index (Phi) is 7.41. The van der Waals surface area contributed by atoms with E-state index in [1.165, 1.54) is 0 Å². The van der Waals surface area contributed by atoms with E-state index in [9.17, 15) is 4.79 Å². The number of piperazine rings is 1. The van der Waals surface area contributed by atoms with Crippen molar-refractivity contribution in [3.8, 4) is 17.2 Å². The molecule has 198 valence electrons. The number of rotatable bonds is 8. The van der Waals surface area contributed by atoms with Crippen molar-refractivity contribution in [1.29, 1.82) is 0 Å². The lowest BCUT2D eigenvalue weighted by Crippen LogP contribution is -2.48. The number of fused-ring (bicyclic) bond motifs is 1. The average Bonchev–Trinajstić information content (AvgIpc) is 3.55. The van der Waals surface area contributed by atoms with Crippen LogP contribution in [0.5, 0.6) is 17.2 Å². The summed E-state index contributed by atoms with van der Waals surface area (Å²) in [6.07, 6.45) is 1.31. The van der Waals surface area contributed by atoms with Crippen LogP contribution in [0.2, 0.25) is 0 Å². The summed E-state index contributed by atoms with van der Waals surface area (Å²) < 4.78 is 16.9. The van der Waals surface area contributed by atoms with Crippen LogP contribution in [0.4, 0.5) is 11.4 Å². The Labute approximate surface area is 218 Å². The molecule has 3 heterocycles. The first kappa shape index (κ1) is 25.2. The molecule has 0 radical (unpaired) electrons. The molecular weight excluding hydrogens is 472 g/mol. The van der Waals surface area contributed by atoms with Crippen molar-refractivity contribution in [1.82, 2.24) is 4.90 Å². The third kappa shape index (κ3) is 5.32. The van der Waals surface area contributed by atoms with E-state index in [0.717, 1.165) is 61.8 Å². The number of carbonyl (C=O) groups is 1. The number of amides is 1. The van der Waals surface area contributed by atoms with E-state index in [2.05, 4.69) is 27.1 Å². The van der Waals surface area contributed by atoms with Gasteiger partial charge < -0.3 is 28.8 Å². The van der Waals surface area contributed by atoms with Gasteiger partial charge in [0.15, 0.2) is 11.5 Å². The first-order valence-electron chi connectivity index (χ1n) is 13.0. The number of carbonyl (C=O) groups excluding carboxylic acids is 1. The standard InChI is InChI=1S/C28H36N4O5/c1-19(2)36-25-8-6-5-7-23(25)31-13-11-30(12-14-31)18-21-16-22(29-37-21)28(33)32-10-9-20-15-26(34-3)27(35-4)17-24(20)32/h5-8,15,17,19,21H,9-14,16,18H2,1-4H3. The lowest BCUT2D eigenvalue weighted by molar-refractivity contribution is -0.112. The Morgan fingerprint density at radius 1 is 1.00 bits per heavy atom. The van der Waals surface area contributed by atoms with Gasteiger partial charge in [0.25, 0.3) is 5.91 Å². The van der Waals surface area contributed by atoms with Crippen molar-refractivity contribution in [2.45, 2.75) is 38.9 Å². The zero-order valence-electron chi connectivity index (χ0n) is 22.1. The summed E-state index contributed by atoms with van der Waals surface area (Å²) in [7, 11) is 3.22. The van der Waals surface area contributed by atoms with Gasteiger partial charge in [-0.15, -0.1) is 0 Å². The molecule has 0 aliphatic carbocycles. The number of nitrogens with zero attached hydrogens (tertiary/aromatic N) is 4. The molecule has 0 N–H and O–H groups in total. The molecular formula is C28H36N4O5. The lowest BCUT2D eigenvalue weighted by Gasteiger charge is -2.37. The number of hydrogen-bond acceptors (Lipinski definition) is 8. The summed E-state index contributed by atoms with van der Waals surface area (Å²) in [6, 6.07) is 12.1. The monoisotopic (exact) mass is 508 g/mol. The molecule has 37 heavy (non-hydrogen) atoms. The van der Waals surface area contributed by atoms with Crippen molar-refractivity contribution in [2.75, 3.05) is 63.3 Å². The third-order valence-corrected chi connectivity index (χ3v) is 7.11. The zero-order chi connectivity index (χ0) is 25.9. The molecule has 3 aliphatic rings. The summed E-state index contributed by atoms with van der Waals surface area (Å²) in [4.78, 5) is 25.6. The van der Waals surface area contributed by atoms with Gasteiger partial charge in [-0.1, -0.05) is 17.3 Å². The van der Waals surface area contributed by atoms with Gasteiger partial charge in [0.2, 0.25) is 0 Å². The Hall–Kier alpha value is -3.46. The fraction of sp³-hybridized carbons (Fsp3) is 0.500. The molecule has 1 atom stereocenters. The van der Waals surface area contributed by atoms with E-state index in [-0.39, 0.29) is 18.1 Å². The van der Waals surface area contributed by atoms with Crippen molar-refractivity contribution < 1.29 is 23.8 Å². The fourth-order valence-electron chi connectivity index (χ4n) is 5.27. The topological polar surface area (TPSA) is 76.1 Å². The highest BCUT2D eigenvalue weighted by atomic mass is 16.6. The Morgan fingerprint density at radius 3 is 2.46 bits per heavy atom. The summed E-state index contributed by atoms with van der Waals surface area (Å²) in [5, 5.41) is 4.19. The molecule has 1 amide bonds. The van der Waals surface area contributed by atoms with Crippen LogP contribution in [-0.4, -0.2) is 82.2 Å². The largest absolute Gasteiger partial charge is 0.493 e. The third-order valence-electron chi connectivity index (χ3n) is 7.11. The highest BCUT2D eigenvalue weighted by Crippen LogP contribution is 2.39. The number of ether oxygens (including phenoxy) is 3. The van der Waals surface area contributed by atoms with Crippen LogP contribution in [0.3, 0.4) is 0 Å². The van der Waals surface area contributed by atoms with E-state index in [1.54, 1.807) is 19.1 Å². The second kappa shape index (κ2) is 10.9. The highest BCUT2D eigenvalue weighted by Gasteiger charge is 2.35. The molecule has 2 aromatic carbocycles. The van der Waals surface area contributed by atoms with E-state index in [1.807, 2.05) is 38.1 Å². The quantitative estimate of drug-likeness (QED) is 0.541. The minimum atomic E-state index is -0.116. The normalized spacial score (nSPS) is 19.5.